The molecule has 1 saturated heterocycles. The maximum atomic E-state index is 12.3. The van der Waals surface area contributed by atoms with Gasteiger partial charge in [-0.2, -0.15) is 0 Å². The summed E-state index contributed by atoms with van der Waals surface area (Å²) in [7, 11) is 0. The summed E-state index contributed by atoms with van der Waals surface area (Å²) >= 11 is 0. The average molecular weight is 277 g/mol. The van der Waals surface area contributed by atoms with Crippen molar-refractivity contribution in [3.63, 3.8) is 0 Å². The van der Waals surface area contributed by atoms with Crippen LogP contribution in [0.1, 0.15) is 19.4 Å². The summed E-state index contributed by atoms with van der Waals surface area (Å²) in [6.45, 7) is 7.60. The minimum absolute atomic E-state index is 0.0133. The lowest BCUT2D eigenvalue weighted by molar-refractivity contribution is -0.125. The van der Waals surface area contributed by atoms with E-state index in [1.807, 2.05) is 43.9 Å². The van der Waals surface area contributed by atoms with Crippen molar-refractivity contribution in [2.75, 3.05) is 30.4 Å². The van der Waals surface area contributed by atoms with Crippen molar-refractivity contribution in [3.05, 3.63) is 23.8 Å². The van der Waals surface area contributed by atoms with E-state index in [2.05, 4.69) is 5.32 Å². The first-order valence-electron chi connectivity index (χ1n) is 7.00. The predicted octanol–water partition coefficient (Wildman–Crippen LogP) is 1.31. The summed E-state index contributed by atoms with van der Waals surface area (Å²) in [4.78, 5) is 14.4. The first-order valence-corrected chi connectivity index (χ1v) is 7.00. The lowest BCUT2D eigenvalue weighted by atomic mass is 10.1. The van der Waals surface area contributed by atoms with Crippen LogP contribution in [0.15, 0.2) is 18.2 Å². The summed E-state index contributed by atoms with van der Waals surface area (Å²) in [5.41, 5.74) is 8.81. The Hall–Kier alpha value is -1.75. The van der Waals surface area contributed by atoms with Crippen molar-refractivity contribution in [2.45, 2.75) is 32.9 Å². The van der Waals surface area contributed by atoms with Gasteiger partial charge in [-0.05, 0) is 38.5 Å². The molecule has 2 rings (SSSR count). The Labute approximate surface area is 120 Å². The molecular formula is C15H23N3O2. The highest BCUT2D eigenvalue weighted by Gasteiger charge is 2.30. The lowest BCUT2D eigenvalue weighted by Gasteiger charge is -2.37. The number of hydrogen-bond acceptors (Lipinski definition) is 4. The number of nitrogens with two attached hydrogens (primary N) is 1. The van der Waals surface area contributed by atoms with Crippen molar-refractivity contribution < 1.29 is 9.53 Å². The van der Waals surface area contributed by atoms with Gasteiger partial charge in [-0.1, -0.05) is 6.07 Å². The van der Waals surface area contributed by atoms with Gasteiger partial charge in [0.05, 0.1) is 24.6 Å². The Morgan fingerprint density at radius 1 is 1.50 bits per heavy atom. The van der Waals surface area contributed by atoms with Crippen molar-refractivity contribution >= 4 is 17.3 Å². The standard InChI is InChI=1S/C15H23N3O2/c1-10(2)17-15(19)14-9-20-7-6-18(14)13-8-11(3)4-5-12(13)16/h4-5,8,10,14H,6-7,9,16H2,1-3H3,(H,17,19). The van der Waals surface area contributed by atoms with Crippen molar-refractivity contribution in [2.24, 2.45) is 0 Å². The molecule has 1 atom stereocenters. The molecule has 20 heavy (non-hydrogen) atoms. The van der Waals surface area contributed by atoms with Crippen molar-refractivity contribution in [1.82, 2.24) is 5.32 Å². The van der Waals surface area contributed by atoms with E-state index in [4.69, 9.17) is 10.5 Å². The summed E-state index contributed by atoms with van der Waals surface area (Å²) in [6.07, 6.45) is 0. The zero-order valence-corrected chi connectivity index (χ0v) is 12.3. The highest BCUT2D eigenvalue weighted by atomic mass is 16.5. The number of nitrogens with zero attached hydrogens (tertiary/aromatic N) is 1. The molecule has 1 amide bonds. The molecule has 5 heteroatoms. The molecule has 0 spiro atoms. The normalized spacial score (nSPS) is 19.2. The summed E-state index contributed by atoms with van der Waals surface area (Å²) < 4.78 is 5.46. The molecule has 0 aromatic heterocycles. The van der Waals surface area contributed by atoms with Crippen LogP contribution in [0.2, 0.25) is 0 Å². The number of ether oxygens (including phenoxy) is 1. The Bertz CT molecular complexity index is 488. The van der Waals surface area contributed by atoms with Crippen LogP contribution in [0, 0.1) is 6.92 Å². The number of hydrogen-bond donors (Lipinski definition) is 2. The minimum Gasteiger partial charge on any atom is -0.397 e. The number of aryl methyl sites for hydroxylation is 1. The van der Waals surface area contributed by atoms with Crippen LogP contribution < -0.4 is 16.0 Å². The van der Waals surface area contributed by atoms with E-state index < -0.39 is 0 Å². The molecule has 1 aliphatic rings. The molecule has 110 valence electrons. The molecule has 0 saturated carbocycles. The lowest BCUT2D eigenvalue weighted by Crippen LogP contribution is -2.55. The summed E-state index contributed by atoms with van der Waals surface area (Å²) in [6, 6.07) is 5.67. The van der Waals surface area contributed by atoms with Gasteiger partial charge in [-0.15, -0.1) is 0 Å². The van der Waals surface area contributed by atoms with Gasteiger partial charge in [0.1, 0.15) is 6.04 Å². The number of amides is 1. The molecule has 5 nitrogen and oxygen atoms in total. The molecule has 0 radical (unpaired) electrons. The zero-order valence-electron chi connectivity index (χ0n) is 12.3. The average Bonchev–Trinajstić information content (AvgIpc) is 2.41. The number of benzene rings is 1. The summed E-state index contributed by atoms with van der Waals surface area (Å²) in [5, 5.41) is 2.94. The molecule has 1 heterocycles. The van der Waals surface area contributed by atoms with Gasteiger partial charge in [0, 0.05) is 12.6 Å². The monoisotopic (exact) mass is 277 g/mol. The number of anilines is 2. The van der Waals surface area contributed by atoms with E-state index in [1.165, 1.54) is 0 Å². The zero-order chi connectivity index (χ0) is 14.7. The van der Waals surface area contributed by atoms with Crippen LogP contribution in [-0.2, 0) is 9.53 Å². The van der Waals surface area contributed by atoms with Crippen LogP contribution in [0.3, 0.4) is 0 Å². The smallest absolute Gasteiger partial charge is 0.245 e. The maximum Gasteiger partial charge on any atom is 0.245 e. The molecule has 1 aliphatic heterocycles. The molecule has 1 aromatic carbocycles. The largest absolute Gasteiger partial charge is 0.397 e. The van der Waals surface area contributed by atoms with Crippen molar-refractivity contribution in [1.29, 1.82) is 0 Å². The second-order valence-corrected chi connectivity index (χ2v) is 5.51. The molecule has 1 fully saturated rings. The van der Waals surface area contributed by atoms with Crippen molar-refractivity contribution in [3.8, 4) is 0 Å². The van der Waals surface area contributed by atoms with E-state index >= 15 is 0 Å². The SMILES string of the molecule is Cc1ccc(N)c(N2CCOCC2C(=O)NC(C)C)c1. The summed E-state index contributed by atoms with van der Waals surface area (Å²) in [5.74, 6) is -0.0133. The van der Waals surface area contributed by atoms with Gasteiger partial charge in [0.15, 0.2) is 0 Å². The fourth-order valence-electron chi connectivity index (χ4n) is 2.39. The molecule has 3 N–H and O–H groups in total. The number of morpholine rings is 1. The van der Waals surface area contributed by atoms with E-state index in [9.17, 15) is 4.79 Å². The molecule has 0 aliphatic carbocycles. The number of rotatable bonds is 3. The Morgan fingerprint density at radius 3 is 2.95 bits per heavy atom. The van der Waals surface area contributed by atoms with Crippen LogP contribution >= 0.6 is 0 Å². The topological polar surface area (TPSA) is 67.6 Å². The second kappa shape index (κ2) is 6.13. The molecule has 1 aromatic rings. The highest BCUT2D eigenvalue weighted by Crippen LogP contribution is 2.27. The molecule has 0 bridgehead atoms. The fourth-order valence-corrected chi connectivity index (χ4v) is 2.39. The second-order valence-electron chi connectivity index (χ2n) is 5.51. The van der Waals surface area contributed by atoms with Gasteiger partial charge in [0.25, 0.3) is 0 Å². The van der Waals surface area contributed by atoms with Gasteiger partial charge < -0.3 is 20.7 Å². The van der Waals surface area contributed by atoms with Crippen LogP contribution in [-0.4, -0.2) is 37.7 Å². The molecule has 1 unspecified atom stereocenters. The number of carbonyl (C=O) groups is 1. The third kappa shape index (κ3) is 3.22. The van der Waals surface area contributed by atoms with E-state index in [0.29, 0.717) is 25.4 Å². The number of carbonyl (C=O) groups excluding carboxylic acids is 1. The number of nitrogen functional groups attached to an aromatic ring is 1. The third-order valence-electron chi connectivity index (χ3n) is 3.36. The Morgan fingerprint density at radius 2 is 2.25 bits per heavy atom. The highest BCUT2D eigenvalue weighted by molar-refractivity contribution is 5.87. The van der Waals surface area contributed by atoms with Gasteiger partial charge in [-0.25, -0.2) is 0 Å². The quantitative estimate of drug-likeness (QED) is 0.817. The van der Waals surface area contributed by atoms with E-state index in [0.717, 1.165) is 11.3 Å². The number of nitrogens with one attached hydrogen (secondary N) is 1. The van der Waals surface area contributed by atoms with Crippen LogP contribution in [0.5, 0.6) is 0 Å². The molecular weight excluding hydrogens is 254 g/mol. The first kappa shape index (κ1) is 14.7. The Kier molecular flexibility index (Phi) is 4.49. The van der Waals surface area contributed by atoms with Crippen LogP contribution in [0.25, 0.3) is 0 Å². The van der Waals surface area contributed by atoms with Gasteiger partial charge in [-0.3, -0.25) is 4.79 Å². The minimum atomic E-state index is -0.324. The first-order chi connectivity index (χ1) is 9.49. The van der Waals surface area contributed by atoms with E-state index in [1.54, 1.807) is 0 Å². The fraction of sp³-hybridized carbons (Fsp3) is 0.533. The van der Waals surface area contributed by atoms with Crippen LogP contribution in [0.4, 0.5) is 11.4 Å². The van der Waals surface area contributed by atoms with Gasteiger partial charge in [0.2, 0.25) is 5.91 Å². The van der Waals surface area contributed by atoms with Gasteiger partial charge >= 0.3 is 0 Å². The Balaban J connectivity index is 2.26. The maximum absolute atomic E-state index is 12.3. The van der Waals surface area contributed by atoms with E-state index in [-0.39, 0.29) is 18.0 Å². The predicted molar refractivity (Wildman–Crippen MR) is 80.8 cm³/mol. The third-order valence-corrected chi connectivity index (χ3v) is 3.36.